The zero-order valence-electron chi connectivity index (χ0n) is 11.8. The van der Waals surface area contributed by atoms with Gasteiger partial charge in [0.15, 0.2) is 0 Å². The second-order valence-corrected chi connectivity index (χ2v) is 5.50. The SMILES string of the molecule is CCNCc1cccc(OCC2(O)CCCCC2)c1. The molecular weight excluding hydrogens is 238 g/mol. The van der Waals surface area contributed by atoms with Crippen LogP contribution in [0.3, 0.4) is 0 Å². The smallest absolute Gasteiger partial charge is 0.119 e. The summed E-state index contributed by atoms with van der Waals surface area (Å²) in [5.74, 6) is 0.856. The second kappa shape index (κ2) is 6.92. The molecule has 3 nitrogen and oxygen atoms in total. The van der Waals surface area contributed by atoms with Crippen LogP contribution in [0.5, 0.6) is 5.75 Å². The van der Waals surface area contributed by atoms with Crippen LogP contribution in [0.25, 0.3) is 0 Å². The van der Waals surface area contributed by atoms with E-state index in [0.717, 1.165) is 44.5 Å². The van der Waals surface area contributed by atoms with Crippen LogP contribution >= 0.6 is 0 Å². The van der Waals surface area contributed by atoms with Gasteiger partial charge in [0.05, 0.1) is 5.60 Å². The largest absolute Gasteiger partial charge is 0.491 e. The Labute approximate surface area is 116 Å². The maximum atomic E-state index is 10.4. The van der Waals surface area contributed by atoms with Crippen molar-refractivity contribution in [2.45, 2.75) is 51.2 Å². The Morgan fingerprint density at radius 3 is 2.79 bits per heavy atom. The molecule has 19 heavy (non-hydrogen) atoms. The van der Waals surface area contributed by atoms with Gasteiger partial charge in [-0.2, -0.15) is 0 Å². The van der Waals surface area contributed by atoms with Gasteiger partial charge in [-0.15, -0.1) is 0 Å². The van der Waals surface area contributed by atoms with E-state index < -0.39 is 5.60 Å². The Kier molecular flexibility index (Phi) is 5.23. The first-order valence-corrected chi connectivity index (χ1v) is 7.37. The fraction of sp³-hybridized carbons (Fsp3) is 0.625. The van der Waals surface area contributed by atoms with Crippen molar-refractivity contribution in [3.8, 4) is 5.75 Å². The lowest BCUT2D eigenvalue weighted by Crippen LogP contribution is -2.37. The highest BCUT2D eigenvalue weighted by Crippen LogP contribution is 2.28. The molecule has 2 N–H and O–H groups in total. The Bertz CT molecular complexity index is 386. The molecule has 1 aliphatic carbocycles. The molecular formula is C16H25NO2. The number of aliphatic hydroxyl groups is 1. The highest BCUT2D eigenvalue weighted by molar-refractivity contribution is 5.28. The van der Waals surface area contributed by atoms with Gasteiger partial charge in [0, 0.05) is 6.54 Å². The lowest BCUT2D eigenvalue weighted by molar-refractivity contribution is -0.0339. The third kappa shape index (κ3) is 4.51. The minimum atomic E-state index is -0.615. The van der Waals surface area contributed by atoms with Crippen LogP contribution in [0.4, 0.5) is 0 Å². The molecule has 3 heteroatoms. The fourth-order valence-corrected chi connectivity index (χ4v) is 2.59. The van der Waals surface area contributed by atoms with Crippen molar-refractivity contribution in [3.63, 3.8) is 0 Å². The third-order valence-corrected chi connectivity index (χ3v) is 3.77. The Morgan fingerprint density at radius 2 is 2.05 bits per heavy atom. The van der Waals surface area contributed by atoms with Crippen LogP contribution in [-0.2, 0) is 6.54 Å². The number of hydrogen-bond acceptors (Lipinski definition) is 3. The Hall–Kier alpha value is -1.06. The summed E-state index contributed by atoms with van der Waals surface area (Å²) in [6.45, 7) is 4.33. The number of nitrogens with one attached hydrogen (secondary N) is 1. The molecule has 1 saturated carbocycles. The van der Waals surface area contributed by atoms with Crippen LogP contribution in [0.2, 0.25) is 0 Å². The summed E-state index contributed by atoms with van der Waals surface area (Å²) in [7, 11) is 0. The minimum absolute atomic E-state index is 0.414. The molecule has 2 rings (SSSR count). The average molecular weight is 263 g/mol. The molecule has 0 aliphatic heterocycles. The lowest BCUT2D eigenvalue weighted by atomic mass is 9.85. The molecule has 0 spiro atoms. The number of rotatable bonds is 6. The van der Waals surface area contributed by atoms with E-state index >= 15 is 0 Å². The topological polar surface area (TPSA) is 41.5 Å². The van der Waals surface area contributed by atoms with Crippen molar-refractivity contribution in [3.05, 3.63) is 29.8 Å². The van der Waals surface area contributed by atoms with Gasteiger partial charge in [-0.3, -0.25) is 0 Å². The van der Waals surface area contributed by atoms with Gasteiger partial charge in [0.25, 0.3) is 0 Å². The predicted octanol–water partition coefficient (Wildman–Crippen LogP) is 2.87. The van der Waals surface area contributed by atoms with Crippen LogP contribution < -0.4 is 10.1 Å². The highest BCUT2D eigenvalue weighted by atomic mass is 16.5. The van der Waals surface area contributed by atoms with Crippen LogP contribution in [0.1, 0.15) is 44.6 Å². The van der Waals surface area contributed by atoms with E-state index in [9.17, 15) is 5.11 Å². The summed E-state index contributed by atoms with van der Waals surface area (Å²) in [4.78, 5) is 0. The summed E-state index contributed by atoms with van der Waals surface area (Å²) in [6.07, 6.45) is 5.19. The van der Waals surface area contributed by atoms with Crippen LogP contribution in [0.15, 0.2) is 24.3 Å². The number of ether oxygens (including phenoxy) is 1. The minimum Gasteiger partial charge on any atom is -0.491 e. The molecule has 0 bridgehead atoms. The molecule has 0 amide bonds. The van der Waals surface area contributed by atoms with E-state index in [0.29, 0.717) is 6.61 Å². The van der Waals surface area contributed by atoms with E-state index in [-0.39, 0.29) is 0 Å². The predicted molar refractivity (Wildman–Crippen MR) is 77.4 cm³/mol. The summed E-state index contributed by atoms with van der Waals surface area (Å²) in [5.41, 5.74) is 0.602. The van der Waals surface area contributed by atoms with Gasteiger partial charge in [0.2, 0.25) is 0 Å². The fourth-order valence-electron chi connectivity index (χ4n) is 2.59. The van der Waals surface area contributed by atoms with Crippen LogP contribution in [0, 0.1) is 0 Å². The maximum absolute atomic E-state index is 10.4. The van der Waals surface area contributed by atoms with Gasteiger partial charge < -0.3 is 15.2 Å². The van der Waals surface area contributed by atoms with Crippen molar-refractivity contribution < 1.29 is 9.84 Å². The molecule has 0 atom stereocenters. The Balaban J connectivity index is 1.88. The zero-order valence-corrected chi connectivity index (χ0v) is 11.8. The third-order valence-electron chi connectivity index (χ3n) is 3.77. The first-order valence-electron chi connectivity index (χ1n) is 7.37. The van der Waals surface area contributed by atoms with Crippen molar-refractivity contribution >= 4 is 0 Å². The summed E-state index contributed by atoms with van der Waals surface area (Å²) < 4.78 is 5.79. The standard InChI is InChI=1S/C16H25NO2/c1-2-17-12-14-7-6-8-15(11-14)19-13-16(18)9-4-3-5-10-16/h6-8,11,17-18H,2-5,9-10,12-13H2,1H3. The molecule has 0 radical (unpaired) electrons. The first kappa shape index (κ1) is 14.4. The zero-order chi connectivity index (χ0) is 13.6. The van der Waals surface area contributed by atoms with Gasteiger partial charge in [0.1, 0.15) is 12.4 Å². The molecule has 0 aromatic heterocycles. The van der Waals surface area contributed by atoms with Gasteiger partial charge in [-0.25, -0.2) is 0 Å². The van der Waals surface area contributed by atoms with E-state index in [1.165, 1.54) is 12.0 Å². The van der Waals surface area contributed by atoms with Crippen molar-refractivity contribution in [1.29, 1.82) is 0 Å². The first-order chi connectivity index (χ1) is 9.22. The molecule has 0 unspecified atom stereocenters. The van der Waals surface area contributed by atoms with E-state index in [1.807, 2.05) is 12.1 Å². The molecule has 106 valence electrons. The van der Waals surface area contributed by atoms with E-state index in [2.05, 4.69) is 24.4 Å². The maximum Gasteiger partial charge on any atom is 0.119 e. The second-order valence-electron chi connectivity index (χ2n) is 5.50. The van der Waals surface area contributed by atoms with Crippen molar-refractivity contribution in [1.82, 2.24) is 5.32 Å². The summed E-state index contributed by atoms with van der Waals surface area (Å²) in [6, 6.07) is 8.11. The average Bonchev–Trinajstić information content (AvgIpc) is 2.44. The molecule has 1 aromatic carbocycles. The van der Waals surface area contributed by atoms with Crippen LogP contribution in [-0.4, -0.2) is 23.9 Å². The molecule has 1 fully saturated rings. The summed E-state index contributed by atoms with van der Waals surface area (Å²) >= 11 is 0. The normalized spacial score (nSPS) is 18.2. The van der Waals surface area contributed by atoms with E-state index in [1.54, 1.807) is 0 Å². The highest BCUT2D eigenvalue weighted by Gasteiger charge is 2.29. The Morgan fingerprint density at radius 1 is 1.26 bits per heavy atom. The molecule has 0 saturated heterocycles. The quantitative estimate of drug-likeness (QED) is 0.829. The molecule has 1 aliphatic rings. The lowest BCUT2D eigenvalue weighted by Gasteiger charge is -2.31. The number of benzene rings is 1. The van der Waals surface area contributed by atoms with Gasteiger partial charge in [-0.05, 0) is 37.1 Å². The summed E-state index contributed by atoms with van der Waals surface area (Å²) in [5, 5.41) is 13.7. The van der Waals surface area contributed by atoms with E-state index in [4.69, 9.17) is 4.74 Å². The van der Waals surface area contributed by atoms with Gasteiger partial charge in [-0.1, -0.05) is 38.3 Å². The van der Waals surface area contributed by atoms with Crippen molar-refractivity contribution in [2.75, 3.05) is 13.2 Å². The van der Waals surface area contributed by atoms with Crippen molar-refractivity contribution in [2.24, 2.45) is 0 Å². The van der Waals surface area contributed by atoms with Gasteiger partial charge >= 0.3 is 0 Å². The number of hydrogen-bond donors (Lipinski definition) is 2. The molecule has 1 aromatic rings. The molecule has 0 heterocycles. The monoisotopic (exact) mass is 263 g/mol.